The molecule has 0 bridgehead atoms. The van der Waals surface area contributed by atoms with Gasteiger partial charge in [0.05, 0.1) is 0 Å². The third-order valence-electron chi connectivity index (χ3n) is 11.4. The van der Waals surface area contributed by atoms with Gasteiger partial charge in [0.15, 0.2) is 6.10 Å². The van der Waals surface area contributed by atoms with Crippen LogP contribution in [0.4, 0.5) is 0 Å². The van der Waals surface area contributed by atoms with Crippen molar-refractivity contribution in [3.63, 3.8) is 0 Å². The van der Waals surface area contributed by atoms with Crippen molar-refractivity contribution in [3.05, 3.63) is 122 Å². The fourth-order valence-electron chi connectivity index (χ4n) is 7.17. The second-order valence-electron chi connectivity index (χ2n) is 18.1. The van der Waals surface area contributed by atoms with Gasteiger partial charge in [0, 0.05) is 19.3 Å². The van der Waals surface area contributed by atoms with Crippen molar-refractivity contribution >= 4 is 17.9 Å². The van der Waals surface area contributed by atoms with Crippen LogP contribution in [-0.2, 0) is 28.6 Å². The molecule has 6 nitrogen and oxygen atoms in total. The second kappa shape index (κ2) is 56.4. The van der Waals surface area contributed by atoms with Crippen LogP contribution in [0.25, 0.3) is 0 Å². The predicted molar refractivity (Wildman–Crippen MR) is 297 cm³/mol. The first-order chi connectivity index (χ1) is 34.0. The molecule has 0 aromatic heterocycles. The zero-order chi connectivity index (χ0) is 50.0. The van der Waals surface area contributed by atoms with E-state index >= 15 is 0 Å². The van der Waals surface area contributed by atoms with E-state index in [0.717, 1.165) is 64.2 Å². The number of carbonyl (C=O) groups excluding carboxylic acids is 3. The van der Waals surface area contributed by atoms with E-state index in [0.29, 0.717) is 19.3 Å². The summed E-state index contributed by atoms with van der Waals surface area (Å²) in [5.74, 6) is -1.11. The minimum Gasteiger partial charge on any atom is -0.462 e. The molecule has 0 heterocycles. The van der Waals surface area contributed by atoms with E-state index in [-0.39, 0.29) is 44.4 Å². The topological polar surface area (TPSA) is 78.9 Å². The molecular weight excluding hydrogens is 853 g/mol. The Morgan fingerprint density at radius 3 is 0.841 bits per heavy atom. The molecule has 0 radical (unpaired) electrons. The summed E-state index contributed by atoms with van der Waals surface area (Å²) in [5, 5.41) is 0. The molecule has 0 aromatic rings. The maximum absolute atomic E-state index is 12.8. The van der Waals surface area contributed by atoms with E-state index in [9.17, 15) is 14.4 Å². The van der Waals surface area contributed by atoms with Gasteiger partial charge in [-0.15, -0.1) is 0 Å². The Labute approximate surface area is 424 Å². The Balaban J connectivity index is 4.64. The maximum atomic E-state index is 12.8. The van der Waals surface area contributed by atoms with Crippen molar-refractivity contribution in [2.75, 3.05) is 13.2 Å². The molecular formula is C63H102O6. The van der Waals surface area contributed by atoms with Gasteiger partial charge < -0.3 is 14.2 Å². The van der Waals surface area contributed by atoms with E-state index in [4.69, 9.17) is 14.2 Å². The van der Waals surface area contributed by atoms with Crippen LogP contribution in [0.1, 0.15) is 239 Å². The van der Waals surface area contributed by atoms with E-state index < -0.39 is 12.1 Å². The van der Waals surface area contributed by atoms with Gasteiger partial charge in [0.1, 0.15) is 13.2 Å². The normalized spacial score (nSPS) is 13.0. The number of allylic oxidation sites excluding steroid dienone is 20. The molecule has 390 valence electrons. The molecule has 69 heavy (non-hydrogen) atoms. The van der Waals surface area contributed by atoms with Crippen LogP contribution in [0.5, 0.6) is 0 Å². The minimum absolute atomic E-state index is 0.144. The van der Waals surface area contributed by atoms with Crippen molar-refractivity contribution in [1.82, 2.24) is 0 Å². The molecule has 1 atom stereocenters. The summed E-state index contributed by atoms with van der Waals surface area (Å²) in [4.78, 5) is 38.1. The molecule has 0 rings (SSSR count). The smallest absolute Gasteiger partial charge is 0.306 e. The summed E-state index contributed by atoms with van der Waals surface area (Å²) in [6, 6.07) is 0. The van der Waals surface area contributed by atoms with Crippen LogP contribution < -0.4 is 0 Å². The number of unbranched alkanes of at least 4 members (excludes halogenated alkanes) is 18. The van der Waals surface area contributed by atoms with Gasteiger partial charge in [-0.1, -0.05) is 219 Å². The zero-order valence-corrected chi connectivity index (χ0v) is 44.5. The van der Waals surface area contributed by atoms with Gasteiger partial charge in [0.25, 0.3) is 0 Å². The van der Waals surface area contributed by atoms with E-state index in [1.807, 2.05) is 0 Å². The minimum atomic E-state index is -0.850. The molecule has 0 aliphatic rings. The van der Waals surface area contributed by atoms with Crippen LogP contribution in [0.15, 0.2) is 122 Å². The molecule has 1 unspecified atom stereocenters. The first kappa shape index (κ1) is 64.8. The summed E-state index contributed by atoms with van der Waals surface area (Å²) < 4.78 is 16.7. The monoisotopic (exact) mass is 955 g/mol. The Morgan fingerprint density at radius 1 is 0.290 bits per heavy atom. The lowest BCUT2D eigenvalue weighted by Gasteiger charge is -2.18. The number of carbonyl (C=O) groups is 3. The average molecular weight is 956 g/mol. The van der Waals surface area contributed by atoms with Crippen molar-refractivity contribution in [2.24, 2.45) is 0 Å². The standard InChI is InChI=1S/C63H102O6/c1-4-7-10-13-16-19-22-25-28-31-34-37-40-43-46-49-52-55-61(64)67-58-60(69-63(66)57-54-51-48-45-42-39-36-33-30-27-24-21-18-15-12-9-6-3)59-68-62(65)56-53-50-47-44-41-38-35-32-29-26-23-20-17-14-11-8-5-2/h16,19,25-30,34-39,43-48,60H,4-15,17-18,20-24,31-33,40-42,49-59H2,1-3H3/b19-16-,28-25-,29-26-,30-27-,37-34-,38-35-,39-36-,46-43-,47-44-,48-45-. The van der Waals surface area contributed by atoms with Crippen LogP contribution >= 0.6 is 0 Å². The number of hydrogen-bond donors (Lipinski definition) is 0. The molecule has 0 aliphatic carbocycles. The average Bonchev–Trinajstić information content (AvgIpc) is 3.35. The first-order valence-electron chi connectivity index (χ1n) is 28.0. The molecule has 0 fully saturated rings. The van der Waals surface area contributed by atoms with Crippen LogP contribution in [0.2, 0.25) is 0 Å². The lowest BCUT2D eigenvalue weighted by molar-refractivity contribution is -0.166. The van der Waals surface area contributed by atoms with E-state index in [1.54, 1.807) is 0 Å². The SMILES string of the molecule is CCCCC/C=C\C/C=C\C/C=C\C/C=C\CCCC(=O)OCC(COC(=O)CCC/C=C\C/C=C\C/C=C\CCCCCCCC)OC(=O)CCC/C=C\C/C=C\C/C=C\CCCCCCCC. The molecule has 0 amide bonds. The van der Waals surface area contributed by atoms with Crippen molar-refractivity contribution < 1.29 is 28.6 Å². The van der Waals surface area contributed by atoms with Crippen LogP contribution in [0, 0.1) is 0 Å². The van der Waals surface area contributed by atoms with Crippen molar-refractivity contribution in [1.29, 1.82) is 0 Å². The molecule has 0 aromatic carbocycles. The predicted octanol–water partition coefficient (Wildman–Crippen LogP) is 18.9. The third kappa shape index (κ3) is 54.6. The fraction of sp³-hybridized carbons (Fsp3) is 0.635. The highest BCUT2D eigenvalue weighted by Crippen LogP contribution is 2.11. The Kier molecular flexibility index (Phi) is 53.0. The Morgan fingerprint density at radius 2 is 0.522 bits per heavy atom. The summed E-state index contributed by atoms with van der Waals surface area (Å²) in [6.45, 7) is 6.45. The van der Waals surface area contributed by atoms with E-state index in [1.165, 1.54) is 116 Å². The van der Waals surface area contributed by atoms with Crippen molar-refractivity contribution in [3.8, 4) is 0 Å². The van der Waals surface area contributed by atoms with Gasteiger partial charge in [-0.3, -0.25) is 14.4 Å². The Bertz CT molecular complexity index is 1470. The highest BCUT2D eigenvalue weighted by molar-refractivity contribution is 5.71. The zero-order valence-electron chi connectivity index (χ0n) is 44.5. The van der Waals surface area contributed by atoms with Crippen molar-refractivity contribution in [2.45, 2.75) is 245 Å². The summed E-state index contributed by atoms with van der Waals surface area (Å²) >= 11 is 0. The molecule has 0 saturated heterocycles. The number of hydrogen-bond acceptors (Lipinski definition) is 6. The number of esters is 3. The largest absolute Gasteiger partial charge is 0.462 e. The van der Waals surface area contributed by atoms with Gasteiger partial charge in [-0.25, -0.2) is 0 Å². The number of rotatable bonds is 49. The first-order valence-corrected chi connectivity index (χ1v) is 28.0. The summed E-state index contributed by atoms with van der Waals surface area (Å²) in [6.07, 6.45) is 77.7. The lowest BCUT2D eigenvalue weighted by atomic mass is 10.1. The van der Waals surface area contributed by atoms with Gasteiger partial charge in [0.2, 0.25) is 0 Å². The quantitative estimate of drug-likeness (QED) is 0.0262. The number of ether oxygens (including phenoxy) is 3. The molecule has 0 spiro atoms. The molecule has 0 saturated carbocycles. The van der Waals surface area contributed by atoms with Gasteiger partial charge in [-0.2, -0.15) is 0 Å². The highest BCUT2D eigenvalue weighted by atomic mass is 16.6. The fourth-order valence-corrected chi connectivity index (χ4v) is 7.17. The maximum Gasteiger partial charge on any atom is 0.306 e. The van der Waals surface area contributed by atoms with Crippen LogP contribution in [0.3, 0.4) is 0 Å². The molecule has 0 N–H and O–H groups in total. The lowest BCUT2D eigenvalue weighted by Crippen LogP contribution is -2.30. The highest BCUT2D eigenvalue weighted by Gasteiger charge is 2.19. The van der Waals surface area contributed by atoms with Gasteiger partial charge in [-0.05, 0) is 122 Å². The van der Waals surface area contributed by atoms with Crippen LogP contribution in [-0.4, -0.2) is 37.2 Å². The Hall–Kier alpha value is -4.19. The second-order valence-corrected chi connectivity index (χ2v) is 18.1. The van der Waals surface area contributed by atoms with E-state index in [2.05, 4.69) is 142 Å². The third-order valence-corrected chi connectivity index (χ3v) is 11.4. The summed E-state index contributed by atoms with van der Waals surface area (Å²) in [5.41, 5.74) is 0. The summed E-state index contributed by atoms with van der Waals surface area (Å²) in [7, 11) is 0. The molecule has 0 aliphatic heterocycles. The van der Waals surface area contributed by atoms with Gasteiger partial charge >= 0.3 is 17.9 Å². The molecule has 6 heteroatoms.